The third-order valence-corrected chi connectivity index (χ3v) is 15.2. The molecule has 0 aromatic carbocycles. The number of H-pyrrole nitrogens is 2. The molecule has 6 heterocycles. The van der Waals surface area contributed by atoms with Crippen LogP contribution in [0.25, 0.3) is 22.3 Å². The number of nitrogens with zero attached hydrogens (tertiary/aromatic N) is 8. The van der Waals surface area contributed by atoms with E-state index in [4.69, 9.17) is 27.6 Å². The largest absolute Gasteiger partial charge is 0.394 e. The Morgan fingerprint density at radius 1 is 0.836 bits per heavy atom. The molecule has 2 saturated heterocycles. The average molecular weight is 981 g/mol. The van der Waals surface area contributed by atoms with E-state index in [2.05, 4.69) is 47.1 Å². The van der Waals surface area contributed by atoms with Crippen LogP contribution in [0.15, 0.2) is 34.9 Å². The summed E-state index contributed by atoms with van der Waals surface area (Å²) in [5.41, 5.74) is -6.81. The molecule has 0 saturated carbocycles. The van der Waals surface area contributed by atoms with Gasteiger partial charge in [0.05, 0.1) is 64.2 Å². The number of nitrogens with one attached hydrogen (secondary N) is 4. The number of amides is 2. The molecule has 0 radical (unpaired) electrons. The van der Waals surface area contributed by atoms with E-state index in [1.165, 1.54) is 6.08 Å². The van der Waals surface area contributed by atoms with E-state index in [1.807, 2.05) is 12.1 Å². The molecule has 362 valence electrons. The fourth-order valence-corrected chi connectivity index (χ4v) is 11.4. The molecule has 10 atom stereocenters. The second-order valence-electron chi connectivity index (χ2n) is 15.7. The number of unbranched alkanes of at least 4 members (excludes halogenated alkanes) is 1. The molecule has 67 heavy (non-hydrogen) atoms. The maximum atomic E-state index is 17.3. The number of alkyl halides is 2. The second kappa shape index (κ2) is 21.6. The Kier molecular flexibility index (Phi) is 16.4. The van der Waals surface area contributed by atoms with Gasteiger partial charge in [0, 0.05) is 18.3 Å². The number of aromatic amines is 2. The van der Waals surface area contributed by atoms with Crippen LogP contribution in [0, 0.1) is 34.5 Å². The summed E-state index contributed by atoms with van der Waals surface area (Å²) in [4.78, 5) is 72.2. The second-order valence-corrected chi connectivity index (χ2v) is 20.1. The quantitative estimate of drug-likeness (QED) is 0.0427. The van der Waals surface area contributed by atoms with Gasteiger partial charge in [-0.05, 0) is 6.42 Å². The van der Waals surface area contributed by atoms with E-state index in [0.717, 1.165) is 21.8 Å². The maximum absolute atomic E-state index is 17.3. The lowest BCUT2D eigenvalue weighted by molar-refractivity contribution is -0.119. The highest BCUT2D eigenvalue weighted by Crippen LogP contribution is 2.64. The predicted molar refractivity (Wildman–Crippen MR) is 230 cm³/mol. The zero-order chi connectivity index (χ0) is 48.8. The molecule has 2 amide bonds. The molecule has 29 heteroatoms. The molecule has 2 aliphatic rings. The van der Waals surface area contributed by atoms with Crippen LogP contribution in [0.1, 0.15) is 59.4 Å². The highest BCUT2D eigenvalue weighted by atomic mass is 31.2. The molecule has 0 bridgehead atoms. The molecular formula is C38H48F2N12O13P2. The Morgan fingerprint density at radius 3 is 1.79 bits per heavy atom. The van der Waals surface area contributed by atoms with Crippen LogP contribution in [0.3, 0.4) is 0 Å². The number of carbonyl (C=O) groups excluding carboxylic acids is 2. The zero-order valence-electron chi connectivity index (χ0n) is 36.4. The summed E-state index contributed by atoms with van der Waals surface area (Å²) in [7, 11) is -9.82. The van der Waals surface area contributed by atoms with Gasteiger partial charge in [0.1, 0.15) is 23.5 Å². The van der Waals surface area contributed by atoms with E-state index in [-0.39, 0.29) is 53.5 Å². The number of aliphatic hydroxyl groups is 1. The topological polar surface area (TPSA) is 343 Å². The molecule has 0 spiro atoms. The number of aliphatic hydroxyl groups excluding tert-OH is 1. The normalized spacial score (nSPS) is 24.6. The van der Waals surface area contributed by atoms with E-state index in [9.17, 15) is 39.4 Å². The first kappa shape index (κ1) is 50.8. The smallest absolute Gasteiger partial charge is 0.339 e. The van der Waals surface area contributed by atoms with Crippen LogP contribution in [0.2, 0.25) is 0 Å². The fourth-order valence-electron chi connectivity index (χ4n) is 7.08. The van der Waals surface area contributed by atoms with Gasteiger partial charge >= 0.3 is 15.2 Å². The van der Waals surface area contributed by atoms with Crippen molar-refractivity contribution in [2.75, 3.05) is 43.7 Å². The number of halogens is 2. The Labute approximate surface area is 379 Å². The Hall–Kier alpha value is -5.60. The van der Waals surface area contributed by atoms with Crippen molar-refractivity contribution in [3.05, 3.63) is 46.0 Å². The van der Waals surface area contributed by atoms with Gasteiger partial charge in [-0.3, -0.25) is 58.0 Å². The van der Waals surface area contributed by atoms with Crippen molar-refractivity contribution in [3.8, 4) is 12.1 Å². The van der Waals surface area contributed by atoms with Gasteiger partial charge in [-0.1, -0.05) is 33.8 Å². The summed E-state index contributed by atoms with van der Waals surface area (Å²) >= 11 is 0. The summed E-state index contributed by atoms with van der Waals surface area (Å²) < 4.78 is 101. The number of anilines is 2. The molecule has 4 aromatic heterocycles. The molecule has 5 N–H and O–H groups in total. The number of fused-ring (bicyclic) bond motifs is 2. The van der Waals surface area contributed by atoms with Gasteiger partial charge in [0.2, 0.25) is 23.7 Å². The van der Waals surface area contributed by atoms with Gasteiger partial charge in [-0.15, -0.1) is 6.58 Å². The number of nitriles is 2. The average Bonchev–Trinajstić information content (AvgIpc) is 4.07. The lowest BCUT2D eigenvalue weighted by Crippen LogP contribution is -2.36. The monoisotopic (exact) mass is 980 g/mol. The number of aromatic nitrogens is 8. The highest BCUT2D eigenvalue weighted by Gasteiger charge is 2.60. The van der Waals surface area contributed by atoms with Crippen molar-refractivity contribution >= 4 is 61.2 Å². The van der Waals surface area contributed by atoms with E-state index < -0.39 is 131 Å². The highest BCUT2D eigenvalue weighted by molar-refractivity contribution is 7.55. The van der Waals surface area contributed by atoms with Crippen LogP contribution in [-0.4, -0.2) is 125 Å². The summed E-state index contributed by atoms with van der Waals surface area (Å²) in [5.74, 6) is -2.71. The van der Waals surface area contributed by atoms with Crippen molar-refractivity contribution in [1.82, 2.24) is 39.0 Å². The van der Waals surface area contributed by atoms with Crippen molar-refractivity contribution in [2.45, 2.75) is 95.3 Å². The molecule has 0 aliphatic carbocycles. The minimum Gasteiger partial charge on any atom is -0.394 e. The van der Waals surface area contributed by atoms with E-state index in [0.29, 0.717) is 0 Å². The first-order valence-electron chi connectivity index (χ1n) is 20.8. The minimum atomic E-state index is -5.04. The molecule has 25 nitrogen and oxygen atoms in total. The zero-order valence-corrected chi connectivity index (χ0v) is 38.2. The standard InChI is InChI=1S/C38H48F2N12O13P2/c1-6-12-60-66(58,62-14-9-11-42)28-22(65-36(24(28)40)52-18-44-26-30(52)46-38(50-34(26)57)48-32(55)20(4)5)16-63-67(59,61-13-8-7-10-41)27-21(15-53)64-35(23(27)39)51-17-43-25-29(51)45-37(49-33(25)56)47-31(54)19(2)3/h6,17-24,27-28,35-36,53H,1,7-9,12-16H2,2-5H3,(H2,45,47,49,54,56)(H2,46,48,50,55,57)/t21?,22?,23-,24-,27-,28-,35?,36?,66?,67?/m1/s1. The van der Waals surface area contributed by atoms with E-state index in [1.54, 1.807) is 27.7 Å². The van der Waals surface area contributed by atoms with Gasteiger partial charge < -0.3 is 32.7 Å². The number of hydrogen-bond donors (Lipinski definition) is 5. The van der Waals surface area contributed by atoms with Crippen LogP contribution in [-0.2, 0) is 46.3 Å². The number of rotatable bonds is 22. The number of ether oxygens (including phenoxy) is 2. The lowest BCUT2D eigenvalue weighted by atomic mass is 10.2. The van der Waals surface area contributed by atoms with Crippen molar-refractivity contribution in [2.24, 2.45) is 11.8 Å². The molecule has 6 rings (SSSR count). The number of carbonyl (C=O) groups is 2. The summed E-state index contributed by atoms with van der Waals surface area (Å²) in [5, 5.41) is 33.8. The van der Waals surface area contributed by atoms with Crippen LogP contribution in [0.5, 0.6) is 0 Å². The summed E-state index contributed by atoms with van der Waals surface area (Å²) in [6, 6.07) is 3.70. The van der Waals surface area contributed by atoms with Crippen LogP contribution >= 0.6 is 15.2 Å². The van der Waals surface area contributed by atoms with Crippen molar-refractivity contribution in [1.29, 1.82) is 10.5 Å². The lowest BCUT2D eigenvalue weighted by Gasteiger charge is -2.30. The number of imidazole rings is 2. The summed E-state index contributed by atoms with van der Waals surface area (Å²) in [6.45, 7) is 6.44. The predicted octanol–water partition coefficient (Wildman–Crippen LogP) is 3.50. The van der Waals surface area contributed by atoms with Crippen LogP contribution in [0.4, 0.5) is 20.7 Å². The van der Waals surface area contributed by atoms with Gasteiger partial charge in [-0.25, -0.2) is 18.7 Å². The molecule has 6 unspecified atom stereocenters. The SMILES string of the molecule is C=CCOP(=O)(OCCC#N)[C@@H]1C(COP(=O)(OCCCC#N)[C@@H]2C(CO)OC(n3cnc4c(=O)[nH]c(NC(=O)C(C)C)nc43)[C@@H]2F)OC(n2cnc3c(=O)[nH]c(NC(=O)C(C)C)nc32)[C@@H]1F. The minimum absolute atomic E-state index is 0.0424. The fraction of sp³-hybridized carbons (Fsp3) is 0.579. The third kappa shape index (κ3) is 10.8. The first-order chi connectivity index (χ1) is 31.9. The van der Waals surface area contributed by atoms with Gasteiger partial charge in [-0.2, -0.15) is 20.5 Å². The number of hydrogen-bond acceptors (Lipinski definition) is 19. The summed E-state index contributed by atoms with van der Waals surface area (Å²) in [6.07, 6.45) is -9.29. The van der Waals surface area contributed by atoms with E-state index >= 15 is 13.3 Å². The Bertz CT molecular complexity index is 2770. The maximum Gasteiger partial charge on any atom is 0.339 e. The van der Waals surface area contributed by atoms with Crippen molar-refractivity contribution in [3.63, 3.8) is 0 Å². The Balaban J connectivity index is 1.39. The van der Waals surface area contributed by atoms with Crippen molar-refractivity contribution < 1.29 is 60.2 Å². The molecule has 2 aliphatic heterocycles. The molecule has 4 aromatic rings. The van der Waals surface area contributed by atoms with Gasteiger partial charge in [0.15, 0.2) is 47.1 Å². The third-order valence-electron chi connectivity index (χ3n) is 10.4. The van der Waals surface area contributed by atoms with Crippen LogP contribution < -0.4 is 21.8 Å². The molecule has 2 fully saturated rings. The molecular weight excluding hydrogens is 932 g/mol. The van der Waals surface area contributed by atoms with Gasteiger partial charge in [0.25, 0.3) is 11.1 Å². The first-order valence-corrected chi connectivity index (χ1v) is 24.0. The Morgan fingerprint density at radius 2 is 1.31 bits per heavy atom.